The average Bonchev–Trinajstić information content (AvgIpc) is 2.22. The Morgan fingerprint density at radius 1 is 1.50 bits per heavy atom. The van der Waals surface area contributed by atoms with Crippen molar-refractivity contribution < 1.29 is 8.42 Å². The molecule has 1 atom stereocenters. The number of rotatable bonds is 4. The standard InChI is InChI=1S/C10H15BrN2O2S/c1-7-5-9(3-4-10(7)11)13-16(14,15)8(2)6-12/h3-5,8,13H,6,12H2,1-2H3. The highest BCUT2D eigenvalue weighted by atomic mass is 79.9. The molecule has 1 rings (SSSR count). The maximum absolute atomic E-state index is 11.7. The fourth-order valence-electron chi connectivity index (χ4n) is 1.10. The van der Waals surface area contributed by atoms with Gasteiger partial charge in [-0.25, -0.2) is 8.42 Å². The lowest BCUT2D eigenvalue weighted by molar-refractivity contribution is 0.589. The number of nitrogens with one attached hydrogen (secondary N) is 1. The van der Waals surface area contributed by atoms with Gasteiger partial charge in [-0.3, -0.25) is 4.72 Å². The zero-order chi connectivity index (χ0) is 12.3. The number of halogens is 1. The van der Waals surface area contributed by atoms with Crippen molar-refractivity contribution in [2.75, 3.05) is 11.3 Å². The van der Waals surface area contributed by atoms with Crippen LogP contribution in [0.25, 0.3) is 0 Å². The van der Waals surface area contributed by atoms with Crippen molar-refractivity contribution in [1.82, 2.24) is 0 Å². The number of nitrogens with two attached hydrogens (primary N) is 1. The molecule has 0 spiro atoms. The predicted molar refractivity (Wildman–Crippen MR) is 69.9 cm³/mol. The van der Waals surface area contributed by atoms with Gasteiger partial charge in [0.25, 0.3) is 0 Å². The minimum absolute atomic E-state index is 0.102. The van der Waals surface area contributed by atoms with E-state index < -0.39 is 15.3 Å². The van der Waals surface area contributed by atoms with Crippen LogP contribution >= 0.6 is 15.9 Å². The minimum atomic E-state index is -3.38. The quantitative estimate of drug-likeness (QED) is 0.891. The van der Waals surface area contributed by atoms with Crippen LogP contribution in [0.2, 0.25) is 0 Å². The summed E-state index contributed by atoms with van der Waals surface area (Å²) in [5.74, 6) is 0. The molecule has 0 amide bonds. The molecule has 16 heavy (non-hydrogen) atoms. The highest BCUT2D eigenvalue weighted by molar-refractivity contribution is 9.10. The molecule has 0 saturated carbocycles. The monoisotopic (exact) mass is 306 g/mol. The summed E-state index contributed by atoms with van der Waals surface area (Å²) < 4.78 is 26.9. The van der Waals surface area contributed by atoms with Crippen molar-refractivity contribution >= 4 is 31.6 Å². The molecule has 1 unspecified atom stereocenters. The number of benzene rings is 1. The first-order valence-corrected chi connectivity index (χ1v) is 7.18. The van der Waals surface area contributed by atoms with Gasteiger partial charge in [-0.05, 0) is 37.6 Å². The molecule has 1 aromatic rings. The number of aryl methyl sites for hydroxylation is 1. The lowest BCUT2D eigenvalue weighted by Crippen LogP contribution is -2.31. The summed E-state index contributed by atoms with van der Waals surface area (Å²) in [7, 11) is -3.38. The Morgan fingerprint density at radius 2 is 2.12 bits per heavy atom. The van der Waals surface area contributed by atoms with Crippen molar-refractivity contribution in [3.63, 3.8) is 0 Å². The summed E-state index contributed by atoms with van der Waals surface area (Å²) in [5, 5.41) is -0.601. The number of hydrogen-bond donors (Lipinski definition) is 2. The predicted octanol–water partition coefficient (Wildman–Crippen LogP) is 1.85. The molecule has 3 N–H and O–H groups in total. The third-order valence-corrected chi connectivity index (χ3v) is 4.94. The van der Waals surface area contributed by atoms with Gasteiger partial charge < -0.3 is 5.73 Å². The summed E-state index contributed by atoms with van der Waals surface area (Å²) in [6.45, 7) is 3.58. The zero-order valence-corrected chi connectivity index (χ0v) is 11.6. The van der Waals surface area contributed by atoms with E-state index in [1.807, 2.05) is 6.92 Å². The van der Waals surface area contributed by atoms with E-state index >= 15 is 0 Å². The summed E-state index contributed by atoms with van der Waals surface area (Å²) in [5.41, 5.74) is 6.87. The van der Waals surface area contributed by atoms with E-state index in [1.165, 1.54) is 0 Å². The number of sulfonamides is 1. The highest BCUT2D eigenvalue weighted by Crippen LogP contribution is 2.21. The van der Waals surface area contributed by atoms with E-state index in [-0.39, 0.29) is 6.54 Å². The second-order valence-corrected chi connectivity index (χ2v) is 6.61. The second kappa shape index (κ2) is 5.16. The van der Waals surface area contributed by atoms with Crippen molar-refractivity contribution in [3.05, 3.63) is 28.2 Å². The van der Waals surface area contributed by atoms with Gasteiger partial charge in [-0.2, -0.15) is 0 Å². The van der Waals surface area contributed by atoms with Crippen LogP contribution in [0.5, 0.6) is 0 Å². The molecular formula is C10H15BrN2O2S. The summed E-state index contributed by atoms with van der Waals surface area (Å²) in [4.78, 5) is 0. The van der Waals surface area contributed by atoms with Crippen LogP contribution in [0.3, 0.4) is 0 Å². The van der Waals surface area contributed by atoms with Gasteiger partial charge in [-0.1, -0.05) is 15.9 Å². The van der Waals surface area contributed by atoms with Crippen LogP contribution in [0.4, 0.5) is 5.69 Å². The molecule has 0 heterocycles. The van der Waals surface area contributed by atoms with Crippen molar-refractivity contribution in [2.45, 2.75) is 19.1 Å². The molecule has 6 heteroatoms. The number of anilines is 1. The maximum Gasteiger partial charge on any atom is 0.236 e. The Balaban J connectivity index is 2.93. The molecule has 0 bridgehead atoms. The molecule has 4 nitrogen and oxygen atoms in total. The van der Waals surface area contributed by atoms with Crippen LogP contribution in [-0.4, -0.2) is 20.2 Å². The van der Waals surface area contributed by atoms with E-state index in [1.54, 1.807) is 25.1 Å². The van der Waals surface area contributed by atoms with Gasteiger partial charge in [0.2, 0.25) is 10.0 Å². The molecule has 90 valence electrons. The van der Waals surface area contributed by atoms with E-state index in [9.17, 15) is 8.42 Å². The smallest absolute Gasteiger partial charge is 0.236 e. The van der Waals surface area contributed by atoms with Crippen LogP contribution in [0.1, 0.15) is 12.5 Å². The molecule has 0 aliphatic heterocycles. The summed E-state index contributed by atoms with van der Waals surface area (Å²) in [6, 6.07) is 5.28. The molecule has 0 radical (unpaired) electrons. The number of hydrogen-bond acceptors (Lipinski definition) is 3. The van der Waals surface area contributed by atoms with Crippen LogP contribution in [-0.2, 0) is 10.0 Å². The molecule has 0 aromatic heterocycles. The molecule has 0 aliphatic carbocycles. The van der Waals surface area contributed by atoms with Crippen molar-refractivity contribution in [3.8, 4) is 0 Å². The van der Waals surface area contributed by atoms with E-state index in [2.05, 4.69) is 20.7 Å². The molecule has 0 aliphatic rings. The Labute approximate surface area is 104 Å². The fraction of sp³-hybridized carbons (Fsp3) is 0.400. The minimum Gasteiger partial charge on any atom is -0.329 e. The van der Waals surface area contributed by atoms with Crippen molar-refractivity contribution in [1.29, 1.82) is 0 Å². The van der Waals surface area contributed by atoms with Crippen LogP contribution < -0.4 is 10.5 Å². The van der Waals surface area contributed by atoms with E-state index in [0.717, 1.165) is 10.0 Å². The lowest BCUT2D eigenvalue weighted by Gasteiger charge is -2.13. The Bertz CT molecular complexity index is 474. The first-order valence-electron chi connectivity index (χ1n) is 4.84. The average molecular weight is 307 g/mol. The Kier molecular flexibility index (Phi) is 4.35. The first-order chi connectivity index (χ1) is 7.36. The van der Waals surface area contributed by atoms with Crippen LogP contribution in [0, 0.1) is 6.92 Å². The van der Waals surface area contributed by atoms with E-state index in [0.29, 0.717) is 5.69 Å². The summed E-state index contributed by atoms with van der Waals surface area (Å²) in [6.07, 6.45) is 0. The fourth-order valence-corrected chi connectivity index (χ4v) is 2.26. The molecule has 1 aromatic carbocycles. The largest absolute Gasteiger partial charge is 0.329 e. The van der Waals surface area contributed by atoms with Crippen LogP contribution in [0.15, 0.2) is 22.7 Å². The summed E-state index contributed by atoms with van der Waals surface area (Å²) >= 11 is 3.35. The lowest BCUT2D eigenvalue weighted by atomic mass is 10.2. The van der Waals surface area contributed by atoms with Gasteiger partial charge in [0.15, 0.2) is 0 Å². The van der Waals surface area contributed by atoms with Gasteiger partial charge in [-0.15, -0.1) is 0 Å². The Morgan fingerprint density at radius 3 is 2.62 bits per heavy atom. The third kappa shape index (κ3) is 3.20. The van der Waals surface area contributed by atoms with Gasteiger partial charge >= 0.3 is 0 Å². The molecular weight excluding hydrogens is 292 g/mol. The second-order valence-electron chi connectivity index (χ2n) is 3.66. The van der Waals surface area contributed by atoms with Gasteiger partial charge in [0, 0.05) is 16.7 Å². The highest BCUT2D eigenvalue weighted by Gasteiger charge is 2.18. The Hall–Kier alpha value is -0.590. The maximum atomic E-state index is 11.7. The van der Waals surface area contributed by atoms with Crippen molar-refractivity contribution in [2.24, 2.45) is 5.73 Å². The SMILES string of the molecule is Cc1cc(NS(=O)(=O)C(C)CN)ccc1Br. The normalized spacial score (nSPS) is 13.5. The van der Waals surface area contributed by atoms with E-state index in [4.69, 9.17) is 5.73 Å². The topological polar surface area (TPSA) is 72.2 Å². The van der Waals surface area contributed by atoms with Gasteiger partial charge in [0.1, 0.15) is 0 Å². The zero-order valence-electron chi connectivity index (χ0n) is 9.20. The molecule has 0 fully saturated rings. The van der Waals surface area contributed by atoms with Gasteiger partial charge in [0.05, 0.1) is 5.25 Å². The first kappa shape index (κ1) is 13.5. The molecule has 0 saturated heterocycles. The third-order valence-electron chi connectivity index (χ3n) is 2.28.